The minimum absolute atomic E-state index is 0.163. The van der Waals surface area contributed by atoms with Crippen molar-refractivity contribution in [3.63, 3.8) is 0 Å². The summed E-state index contributed by atoms with van der Waals surface area (Å²) >= 11 is 9.19. The number of rotatable bonds is 9. The maximum absolute atomic E-state index is 12.6. The van der Waals surface area contributed by atoms with Crippen LogP contribution < -0.4 is 10.1 Å². The number of para-hydroxylation sites is 1. The Kier molecular flexibility index (Phi) is 8.16. The van der Waals surface area contributed by atoms with E-state index in [0.717, 1.165) is 11.5 Å². The van der Waals surface area contributed by atoms with Crippen LogP contribution in [0.3, 0.4) is 0 Å². The topological polar surface area (TPSA) is 69.0 Å². The van der Waals surface area contributed by atoms with Gasteiger partial charge in [0.2, 0.25) is 5.91 Å². The minimum atomic E-state index is -0.163. The molecule has 0 radical (unpaired) electrons. The van der Waals surface area contributed by atoms with Gasteiger partial charge in [0, 0.05) is 16.3 Å². The van der Waals surface area contributed by atoms with Gasteiger partial charge in [0.25, 0.3) is 0 Å². The molecule has 34 heavy (non-hydrogen) atoms. The van der Waals surface area contributed by atoms with Crippen molar-refractivity contribution < 1.29 is 9.53 Å². The summed E-state index contributed by atoms with van der Waals surface area (Å²) in [6, 6.07) is 23.5. The van der Waals surface area contributed by atoms with Gasteiger partial charge in [-0.25, -0.2) is 0 Å². The molecule has 1 N–H and O–H groups in total. The quantitative estimate of drug-likeness (QED) is 0.268. The lowest BCUT2D eigenvalue weighted by Gasteiger charge is -2.11. The Labute approximate surface area is 212 Å². The first-order valence-electron chi connectivity index (χ1n) is 10.5. The average Bonchev–Trinajstić information content (AvgIpc) is 3.26. The summed E-state index contributed by atoms with van der Waals surface area (Å²) in [5.74, 6) is 2.05. The summed E-state index contributed by atoms with van der Waals surface area (Å²) in [7, 11) is 1.55. The molecular formula is C25H23ClN4O2S2. The van der Waals surface area contributed by atoms with E-state index in [0.29, 0.717) is 27.4 Å². The SMILES string of the molecule is COc1ccc(NC(=O)CSc2nnc(CSc3ccc(C)cc3)n2-c2ccccc2)cc1Cl. The van der Waals surface area contributed by atoms with E-state index in [4.69, 9.17) is 16.3 Å². The number of hydrogen-bond donors (Lipinski definition) is 1. The first kappa shape index (κ1) is 24.2. The summed E-state index contributed by atoms with van der Waals surface area (Å²) < 4.78 is 7.16. The number of carbonyl (C=O) groups excluding carboxylic acids is 1. The number of methoxy groups -OCH3 is 1. The number of nitrogens with zero attached hydrogens (tertiary/aromatic N) is 3. The van der Waals surface area contributed by atoms with Crippen molar-refractivity contribution in [2.75, 3.05) is 18.2 Å². The molecule has 9 heteroatoms. The van der Waals surface area contributed by atoms with Crippen molar-refractivity contribution >= 4 is 46.7 Å². The van der Waals surface area contributed by atoms with E-state index in [1.54, 1.807) is 37.1 Å². The Morgan fingerprint density at radius 3 is 2.50 bits per heavy atom. The second-order valence-electron chi connectivity index (χ2n) is 7.36. The van der Waals surface area contributed by atoms with Crippen molar-refractivity contribution in [3.8, 4) is 11.4 Å². The molecule has 0 aliphatic heterocycles. The Balaban J connectivity index is 1.47. The first-order valence-corrected chi connectivity index (χ1v) is 12.8. The molecule has 0 saturated carbocycles. The standard InChI is InChI=1S/C25H23ClN4O2S2/c1-17-8-11-20(12-9-17)33-15-23-28-29-25(30(23)19-6-4-3-5-7-19)34-16-24(31)27-18-10-13-22(32-2)21(26)14-18/h3-14H,15-16H2,1-2H3,(H,27,31). The van der Waals surface area contributed by atoms with E-state index in [2.05, 4.69) is 46.7 Å². The van der Waals surface area contributed by atoms with Crippen LogP contribution in [0, 0.1) is 6.92 Å². The molecule has 1 amide bonds. The fourth-order valence-corrected chi connectivity index (χ4v) is 5.02. The second-order valence-corrected chi connectivity index (χ2v) is 9.76. The number of amides is 1. The Bertz CT molecular complexity index is 1260. The number of aromatic nitrogens is 3. The highest BCUT2D eigenvalue weighted by atomic mass is 35.5. The molecule has 0 saturated heterocycles. The van der Waals surface area contributed by atoms with Crippen LogP contribution >= 0.6 is 35.1 Å². The van der Waals surface area contributed by atoms with E-state index in [9.17, 15) is 4.79 Å². The number of benzene rings is 3. The molecule has 3 aromatic carbocycles. The smallest absolute Gasteiger partial charge is 0.234 e. The Morgan fingerprint density at radius 1 is 1.03 bits per heavy atom. The highest BCUT2D eigenvalue weighted by molar-refractivity contribution is 7.99. The number of hydrogen-bond acceptors (Lipinski definition) is 6. The molecule has 4 aromatic rings. The van der Waals surface area contributed by atoms with Crippen LogP contribution in [-0.2, 0) is 10.5 Å². The number of anilines is 1. The van der Waals surface area contributed by atoms with Gasteiger partial charge >= 0.3 is 0 Å². The van der Waals surface area contributed by atoms with Gasteiger partial charge in [0.15, 0.2) is 5.16 Å². The summed E-state index contributed by atoms with van der Waals surface area (Å²) in [6.07, 6.45) is 0. The van der Waals surface area contributed by atoms with Gasteiger partial charge in [-0.2, -0.15) is 0 Å². The summed E-state index contributed by atoms with van der Waals surface area (Å²) in [6.45, 7) is 2.07. The van der Waals surface area contributed by atoms with Crippen LogP contribution in [-0.4, -0.2) is 33.5 Å². The van der Waals surface area contributed by atoms with Crippen LogP contribution in [0.5, 0.6) is 5.75 Å². The maximum Gasteiger partial charge on any atom is 0.234 e. The van der Waals surface area contributed by atoms with Crippen molar-refractivity contribution in [1.29, 1.82) is 0 Å². The molecule has 1 heterocycles. The molecule has 174 valence electrons. The van der Waals surface area contributed by atoms with Crippen LogP contribution in [0.2, 0.25) is 5.02 Å². The fourth-order valence-electron chi connectivity index (χ4n) is 3.18. The Morgan fingerprint density at radius 2 is 1.79 bits per heavy atom. The molecular weight excluding hydrogens is 488 g/mol. The molecule has 6 nitrogen and oxygen atoms in total. The van der Waals surface area contributed by atoms with Gasteiger partial charge in [-0.1, -0.05) is 59.3 Å². The zero-order valence-corrected chi connectivity index (χ0v) is 21.1. The number of nitrogens with one attached hydrogen (secondary N) is 1. The molecule has 0 aliphatic rings. The zero-order chi connectivity index (χ0) is 23.9. The molecule has 0 atom stereocenters. The molecule has 0 unspecified atom stereocenters. The predicted molar refractivity (Wildman–Crippen MR) is 139 cm³/mol. The molecule has 0 fully saturated rings. The number of thioether (sulfide) groups is 2. The largest absolute Gasteiger partial charge is 0.495 e. The third-order valence-electron chi connectivity index (χ3n) is 4.87. The summed E-state index contributed by atoms with van der Waals surface area (Å²) in [5, 5.41) is 12.8. The normalized spacial score (nSPS) is 10.8. The minimum Gasteiger partial charge on any atom is -0.495 e. The van der Waals surface area contributed by atoms with Crippen LogP contribution in [0.25, 0.3) is 5.69 Å². The molecule has 0 bridgehead atoms. The van der Waals surface area contributed by atoms with Gasteiger partial charge in [-0.15, -0.1) is 22.0 Å². The van der Waals surface area contributed by atoms with Gasteiger partial charge in [0.1, 0.15) is 11.6 Å². The number of halogens is 1. The van der Waals surface area contributed by atoms with Crippen molar-refractivity contribution in [1.82, 2.24) is 14.8 Å². The zero-order valence-electron chi connectivity index (χ0n) is 18.7. The fraction of sp³-hybridized carbons (Fsp3) is 0.160. The van der Waals surface area contributed by atoms with E-state index in [1.807, 2.05) is 34.9 Å². The van der Waals surface area contributed by atoms with Gasteiger partial charge in [-0.05, 0) is 49.4 Å². The highest BCUT2D eigenvalue weighted by Crippen LogP contribution is 2.29. The van der Waals surface area contributed by atoms with E-state index in [1.165, 1.54) is 22.2 Å². The number of aryl methyl sites for hydroxylation is 1. The molecule has 1 aromatic heterocycles. The van der Waals surface area contributed by atoms with Gasteiger partial charge < -0.3 is 10.1 Å². The third kappa shape index (κ3) is 6.14. The van der Waals surface area contributed by atoms with Crippen molar-refractivity contribution in [2.24, 2.45) is 0 Å². The lowest BCUT2D eigenvalue weighted by Crippen LogP contribution is -2.14. The van der Waals surface area contributed by atoms with E-state index < -0.39 is 0 Å². The monoisotopic (exact) mass is 510 g/mol. The molecule has 0 aliphatic carbocycles. The molecule has 0 spiro atoms. The Hall–Kier alpha value is -2.94. The van der Waals surface area contributed by atoms with Crippen molar-refractivity contribution in [3.05, 3.63) is 89.2 Å². The predicted octanol–water partition coefficient (Wildman–Crippen LogP) is 6.26. The highest BCUT2D eigenvalue weighted by Gasteiger charge is 2.16. The van der Waals surface area contributed by atoms with Gasteiger partial charge in [0.05, 0.1) is 23.6 Å². The number of ether oxygens (including phenoxy) is 1. The summed E-state index contributed by atoms with van der Waals surface area (Å²) in [5.41, 5.74) is 2.79. The van der Waals surface area contributed by atoms with Crippen LogP contribution in [0.1, 0.15) is 11.4 Å². The van der Waals surface area contributed by atoms with E-state index in [-0.39, 0.29) is 11.7 Å². The third-order valence-corrected chi connectivity index (χ3v) is 7.10. The number of carbonyl (C=O) groups is 1. The van der Waals surface area contributed by atoms with Crippen LogP contribution in [0.4, 0.5) is 5.69 Å². The average molecular weight is 511 g/mol. The lowest BCUT2D eigenvalue weighted by molar-refractivity contribution is -0.113. The molecule has 4 rings (SSSR count). The summed E-state index contributed by atoms with van der Waals surface area (Å²) in [4.78, 5) is 13.7. The maximum atomic E-state index is 12.6. The van der Waals surface area contributed by atoms with Gasteiger partial charge in [-0.3, -0.25) is 9.36 Å². The first-order chi connectivity index (χ1) is 16.5. The van der Waals surface area contributed by atoms with Crippen LogP contribution in [0.15, 0.2) is 82.8 Å². The second kappa shape index (κ2) is 11.5. The van der Waals surface area contributed by atoms with Crippen molar-refractivity contribution in [2.45, 2.75) is 22.7 Å². The lowest BCUT2D eigenvalue weighted by atomic mass is 10.2. The van der Waals surface area contributed by atoms with E-state index >= 15 is 0 Å².